The molecule has 1 saturated heterocycles. The van der Waals surface area contributed by atoms with E-state index in [4.69, 9.17) is 17.0 Å². The van der Waals surface area contributed by atoms with E-state index in [1.807, 2.05) is 55.3 Å². The fourth-order valence-electron chi connectivity index (χ4n) is 2.40. The van der Waals surface area contributed by atoms with Gasteiger partial charge in [-0.15, -0.1) is 0 Å². The first-order valence-corrected chi connectivity index (χ1v) is 6.83. The number of amides is 1. The number of allylic oxidation sites excluding steroid dienone is 1. The minimum atomic E-state index is -0.177. The molecule has 0 saturated carbocycles. The van der Waals surface area contributed by atoms with Crippen LogP contribution in [0.25, 0.3) is 6.08 Å². The summed E-state index contributed by atoms with van der Waals surface area (Å²) in [5.41, 5.74) is 2.88. The van der Waals surface area contributed by atoms with E-state index in [1.165, 1.54) is 4.90 Å². The van der Waals surface area contributed by atoms with Crippen molar-refractivity contribution in [2.75, 3.05) is 18.5 Å². The number of nitrogens with zero attached hydrogens (tertiary/aromatic N) is 2. The molecule has 102 valence electrons. The van der Waals surface area contributed by atoms with Gasteiger partial charge in [0.1, 0.15) is 0 Å². The summed E-state index contributed by atoms with van der Waals surface area (Å²) in [5.74, 6) is 0.119. The van der Waals surface area contributed by atoms with Crippen LogP contribution in [0.4, 0.5) is 5.69 Å². The number of para-hydroxylation sites is 1. The van der Waals surface area contributed by atoms with Crippen molar-refractivity contribution >= 4 is 35.1 Å². The largest absolute Gasteiger partial charge is 0.423 e. The summed E-state index contributed by atoms with van der Waals surface area (Å²) in [6.45, 7) is 2.38. The third kappa shape index (κ3) is 1.82. The first kappa shape index (κ1) is 12.9. The molecule has 0 aliphatic carbocycles. The van der Waals surface area contributed by atoms with Crippen LogP contribution in [-0.4, -0.2) is 29.6 Å². The van der Waals surface area contributed by atoms with Crippen LogP contribution in [0.3, 0.4) is 0 Å². The van der Waals surface area contributed by atoms with Gasteiger partial charge in [-0.3, -0.25) is 9.69 Å². The lowest BCUT2D eigenvalue weighted by atomic mass is 10.1. The van der Waals surface area contributed by atoms with Gasteiger partial charge in [-0.2, -0.15) is 0 Å². The number of rotatable bonds is 1. The summed E-state index contributed by atoms with van der Waals surface area (Å²) in [6.07, 6.45) is 3.86. The molecule has 5 heteroatoms. The maximum Gasteiger partial charge on any atom is 0.299 e. The second kappa shape index (κ2) is 4.76. The molecule has 1 aromatic rings. The molecule has 0 unspecified atom stereocenters. The number of anilines is 1. The van der Waals surface area contributed by atoms with Crippen molar-refractivity contribution in [3.05, 3.63) is 47.4 Å². The van der Waals surface area contributed by atoms with Gasteiger partial charge < -0.3 is 9.64 Å². The average Bonchev–Trinajstić information content (AvgIpc) is 2.74. The Bertz CT molecular complexity index is 664. The van der Waals surface area contributed by atoms with Crippen molar-refractivity contribution in [2.24, 2.45) is 0 Å². The highest BCUT2D eigenvalue weighted by Gasteiger charge is 2.36. The van der Waals surface area contributed by atoms with Crippen LogP contribution in [0, 0.1) is 0 Å². The fourth-order valence-corrected chi connectivity index (χ4v) is 2.69. The smallest absolute Gasteiger partial charge is 0.299 e. The van der Waals surface area contributed by atoms with Crippen LogP contribution in [0.15, 0.2) is 41.8 Å². The summed E-state index contributed by atoms with van der Waals surface area (Å²) in [6, 6.07) is 8.00. The first-order valence-electron chi connectivity index (χ1n) is 6.42. The molecule has 1 amide bonds. The number of carbonyl (C=O) groups excluding carboxylic acids is 1. The predicted octanol–water partition coefficient (Wildman–Crippen LogP) is 2.52. The Kier molecular flexibility index (Phi) is 3.06. The third-order valence-electron chi connectivity index (χ3n) is 3.48. The monoisotopic (exact) mass is 286 g/mol. The molecule has 0 spiro atoms. The number of hydrogen-bond acceptors (Lipinski definition) is 4. The first-order chi connectivity index (χ1) is 9.63. The van der Waals surface area contributed by atoms with E-state index in [-0.39, 0.29) is 11.1 Å². The minimum Gasteiger partial charge on any atom is -0.423 e. The third-order valence-corrected chi connectivity index (χ3v) is 3.78. The predicted molar refractivity (Wildman–Crippen MR) is 82.0 cm³/mol. The SMILES string of the molecule is CCN1C(=O)/C(=C2/C=Cc3ccccc3N2C)OC1=S. The molecule has 1 fully saturated rings. The lowest BCUT2D eigenvalue weighted by Crippen LogP contribution is -2.29. The molecule has 0 atom stereocenters. The molecular formula is C15H14N2O2S. The van der Waals surface area contributed by atoms with Crippen LogP contribution in [0.2, 0.25) is 0 Å². The Labute approximate surface area is 122 Å². The molecular weight excluding hydrogens is 272 g/mol. The second-order valence-corrected chi connectivity index (χ2v) is 4.93. The lowest BCUT2D eigenvalue weighted by Gasteiger charge is -2.26. The van der Waals surface area contributed by atoms with E-state index in [1.54, 1.807) is 0 Å². The van der Waals surface area contributed by atoms with Crippen LogP contribution in [0.1, 0.15) is 12.5 Å². The normalized spacial score (nSPS) is 21.3. The number of fused-ring (bicyclic) bond motifs is 1. The van der Waals surface area contributed by atoms with E-state index in [2.05, 4.69) is 0 Å². The average molecular weight is 286 g/mol. The summed E-state index contributed by atoms with van der Waals surface area (Å²) in [7, 11) is 1.92. The van der Waals surface area contributed by atoms with E-state index in [0.29, 0.717) is 12.3 Å². The van der Waals surface area contributed by atoms with Gasteiger partial charge in [0.15, 0.2) is 0 Å². The summed E-state index contributed by atoms with van der Waals surface area (Å²) >= 11 is 5.09. The highest BCUT2D eigenvalue weighted by Crippen LogP contribution is 2.32. The van der Waals surface area contributed by atoms with Gasteiger partial charge in [0.25, 0.3) is 11.1 Å². The lowest BCUT2D eigenvalue weighted by molar-refractivity contribution is -0.122. The Hall–Kier alpha value is -2.14. The Morgan fingerprint density at radius 2 is 2.00 bits per heavy atom. The van der Waals surface area contributed by atoms with Crippen LogP contribution in [-0.2, 0) is 9.53 Å². The quantitative estimate of drug-likeness (QED) is 0.586. The number of thiocarbonyl (C=S) groups is 1. The summed E-state index contributed by atoms with van der Waals surface area (Å²) in [5, 5.41) is 0.223. The maximum atomic E-state index is 12.3. The highest BCUT2D eigenvalue weighted by atomic mass is 32.1. The molecule has 0 bridgehead atoms. The molecule has 0 radical (unpaired) electrons. The Balaban J connectivity index is 2.07. The number of hydrogen-bond donors (Lipinski definition) is 0. The van der Waals surface area contributed by atoms with Crippen molar-refractivity contribution in [3.8, 4) is 0 Å². The van der Waals surface area contributed by atoms with Gasteiger partial charge in [0.2, 0.25) is 5.76 Å². The number of likely N-dealkylation sites (N-methyl/N-ethyl adjacent to an activating group) is 2. The fraction of sp³-hybridized carbons (Fsp3) is 0.200. The molecule has 20 heavy (non-hydrogen) atoms. The Morgan fingerprint density at radius 3 is 2.70 bits per heavy atom. The minimum absolute atomic E-state index is 0.177. The number of ether oxygens (including phenoxy) is 1. The van der Waals surface area contributed by atoms with E-state index in [0.717, 1.165) is 16.9 Å². The standard InChI is InChI=1S/C15H14N2O2S/c1-3-17-14(18)13(19-15(17)20)12-9-8-10-6-4-5-7-11(10)16(12)2/h4-9H,3H2,1-2H3/b13-12+. The van der Waals surface area contributed by atoms with Gasteiger partial charge in [-0.25, -0.2) is 0 Å². The van der Waals surface area contributed by atoms with Crippen LogP contribution < -0.4 is 4.90 Å². The molecule has 2 heterocycles. The zero-order chi connectivity index (χ0) is 14.3. The molecule has 1 aromatic carbocycles. The summed E-state index contributed by atoms with van der Waals surface area (Å²) in [4.78, 5) is 15.7. The van der Waals surface area contributed by atoms with Crippen LogP contribution in [0.5, 0.6) is 0 Å². The molecule has 2 aliphatic heterocycles. The topological polar surface area (TPSA) is 32.8 Å². The zero-order valence-corrected chi connectivity index (χ0v) is 12.1. The van der Waals surface area contributed by atoms with Crippen molar-refractivity contribution in [1.82, 2.24) is 4.90 Å². The van der Waals surface area contributed by atoms with Crippen molar-refractivity contribution in [1.29, 1.82) is 0 Å². The molecule has 0 N–H and O–H groups in total. The van der Waals surface area contributed by atoms with Crippen molar-refractivity contribution in [2.45, 2.75) is 6.92 Å². The highest BCUT2D eigenvalue weighted by molar-refractivity contribution is 7.80. The summed E-state index contributed by atoms with van der Waals surface area (Å²) < 4.78 is 5.50. The zero-order valence-electron chi connectivity index (χ0n) is 11.3. The van der Waals surface area contributed by atoms with Gasteiger partial charge in [-0.05, 0) is 36.8 Å². The van der Waals surface area contributed by atoms with Gasteiger partial charge in [0, 0.05) is 19.3 Å². The van der Waals surface area contributed by atoms with E-state index < -0.39 is 0 Å². The molecule has 3 rings (SSSR count). The molecule has 0 aromatic heterocycles. The second-order valence-electron chi connectivity index (χ2n) is 4.58. The molecule has 2 aliphatic rings. The number of benzene rings is 1. The van der Waals surface area contributed by atoms with Crippen molar-refractivity contribution in [3.63, 3.8) is 0 Å². The van der Waals surface area contributed by atoms with E-state index in [9.17, 15) is 4.79 Å². The van der Waals surface area contributed by atoms with Gasteiger partial charge in [0.05, 0.1) is 5.70 Å². The van der Waals surface area contributed by atoms with Gasteiger partial charge in [-0.1, -0.05) is 24.3 Å². The van der Waals surface area contributed by atoms with E-state index >= 15 is 0 Å². The molecule has 4 nitrogen and oxygen atoms in total. The number of carbonyl (C=O) groups is 1. The maximum absolute atomic E-state index is 12.3. The van der Waals surface area contributed by atoms with Crippen molar-refractivity contribution < 1.29 is 9.53 Å². The van der Waals surface area contributed by atoms with Gasteiger partial charge >= 0.3 is 0 Å². The Morgan fingerprint density at radius 1 is 1.25 bits per heavy atom. The van der Waals surface area contributed by atoms with Crippen LogP contribution >= 0.6 is 12.2 Å².